The first-order chi connectivity index (χ1) is 8.63. The van der Waals surface area contributed by atoms with Gasteiger partial charge in [0.25, 0.3) is 0 Å². The average Bonchev–Trinajstić information content (AvgIpc) is 2.36. The van der Waals surface area contributed by atoms with Gasteiger partial charge in [-0.2, -0.15) is 0 Å². The van der Waals surface area contributed by atoms with Gasteiger partial charge in [-0.1, -0.05) is 6.92 Å². The van der Waals surface area contributed by atoms with E-state index in [4.69, 9.17) is 9.84 Å². The molecule has 0 fully saturated rings. The van der Waals surface area contributed by atoms with Crippen LogP contribution in [0.3, 0.4) is 0 Å². The van der Waals surface area contributed by atoms with Gasteiger partial charge in [0.05, 0.1) is 13.7 Å². The molecule has 0 spiro atoms. The van der Waals surface area contributed by atoms with Crippen molar-refractivity contribution in [1.82, 2.24) is 4.90 Å². The Labute approximate surface area is 107 Å². The van der Waals surface area contributed by atoms with Crippen molar-refractivity contribution >= 4 is 11.9 Å². The molecule has 0 amide bonds. The van der Waals surface area contributed by atoms with Crippen LogP contribution in [0.4, 0.5) is 0 Å². The highest BCUT2D eigenvalue weighted by Gasteiger charge is 2.04. The monoisotopic (exact) mass is 259 g/mol. The van der Waals surface area contributed by atoms with Crippen molar-refractivity contribution in [2.45, 2.75) is 13.3 Å². The highest BCUT2D eigenvalue weighted by atomic mass is 16.5. The summed E-state index contributed by atoms with van der Waals surface area (Å²) >= 11 is 0. The van der Waals surface area contributed by atoms with Crippen molar-refractivity contribution in [2.75, 3.05) is 40.0 Å². The van der Waals surface area contributed by atoms with Crippen LogP contribution in [0, 0.1) is 0 Å². The van der Waals surface area contributed by atoms with Crippen LogP contribution in [0.1, 0.15) is 13.3 Å². The Hall–Kier alpha value is -1.40. The molecule has 0 aromatic heterocycles. The van der Waals surface area contributed by atoms with E-state index in [2.05, 4.69) is 4.74 Å². The SMILES string of the molecule is CCCN(CCO)CCOC(=O)/C=C/C(=O)OC. The van der Waals surface area contributed by atoms with E-state index in [1.165, 1.54) is 7.11 Å². The van der Waals surface area contributed by atoms with Gasteiger partial charge in [-0.05, 0) is 13.0 Å². The third-order valence-electron chi connectivity index (χ3n) is 2.16. The molecular formula is C12H21NO5. The lowest BCUT2D eigenvalue weighted by Gasteiger charge is -2.19. The molecule has 18 heavy (non-hydrogen) atoms. The highest BCUT2D eigenvalue weighted by molar-refractivity contribution is 5.91. The van der Waals surface area contributed by atoms with E-state index < -0.39 is 11.9 Å². The number of hydrogen-bond acceptors (Lipinski definition) is 6. The molecule has 0 aromatic rings. The second-order valence-corrected chi connectivity index (χ2v) is 3.59. The van der Waals surface area contributed by atoms with Crippen LogP contribution in [-0.4, -0.2) is 61.9 Å². The molecule has 0 rings (SSSR count). The second kappa shape index (κ2) is 10.7. The van der Waals surface area contributed by atoms with E-state index in [0.29, 0.717) is 13.1 Å². The zero-order chi connectivity index (χ0) is 13.8. The lowest BCUT2D eigenvalue weighted by atomic mass is 10.4. The third kappa shape index (κ3) is 8.72. The molecule has 1 N–H and O–H groups in total. The summed E-state index contributed by atoms with van der Waals surface area (Å²) in [5.74, 6) is -1.18. The highest BCUT2D eigenvalue weighted by Crippen LogP contribution is 1.92. The fourth-order valence-electron chi connectivity index (χ4n) is 1.32. The van der Waals surface area contributed by atoms with Crippen molar-refractivity contribution < 1.29 is 24.2 Å². The maximum Gasteiger partial charge on any atom is 0.331 e. The third-order valence-corrected chi connectivity index (χ3v) is 2.16. The summed E-state index contributed by atoms with van der Waals surface area (Å²) in [6.07, 6.45) is 3.01. The van der Waals surface area contributed by atoms with E-state index in [1.807, 2.05) is 11.8 Å². The number of rotatable bonds is 9. The first-order valence-electron chi connectivity index (χ1n) is 5.90. The van der Waals surface area contributed by atoms with Gasteiger partial charge < -0.3 is 14.6 Å². The number of methoxy groups -OCH3 is 1. The standard InChI is InChI=1S/C12H21NO5/c1-3-6-13(7-9-14)8-10-18-12(16)5-4-11(15)17-2/h4-5,14H,3,6-10H2,1-2H3/b5-4+. The Morgan fingerprint density at radius 2 is 1.83 bits per heavy atom. The Kier molecular flexibility index (Phi) is 9.90. The number of carbonyl (C=O) groups is 2. The molecule has 0 aliphatic rings. The fraction of sp³-hybridized carbons (Fsp3) is 0.667. The molecule has 104 valence electrons. The van der Waals surface area contributed by atoms with Gasteiger partial charge >= 0.3 is 11.9 Å². The summed E-state index contributed by atoms with van der Waals surface area (Å²) in [5.41, 5.74) is 0. The molecule has 0 aliphatic carbocycles. The second-order valence-electron chi connectivity index (χ2n) is 3.59. The molecule has 0 bridgehead atoms. The first-order valence-corrected chi connectivity index (χ1v) is 5.90. The van der Waals surface area contributed by atoms with E-state index >= 15 is 0 Å². The van der Waals surface area contributed by atoms with Crippen molar-refractivity contribution in [3.8, 4) is 0 Å². The first kappa shape index (κ1) is 16.6. The summed E-state index contributed by atoms with van der Waals surface area (Å²) in [7, 11) is 1.23. The number of esters is 2. The van der Waals surface area contributed by atoms with Gasteiger partial charge in [-0.25, -0.2) is 9.59 Å². The number of hydrogen-bond donors (Lipinski definition) is 1. The lowest BCUT2D eigenvalue weighted by Crippen LogP contribution is -2.31. The minimum atomic E-state index is -0.597. The van der Waals surface area contributed by atoms with Crippen LogP contribution in [0.5, 0.6) is 0 Å². The fourth-order valence-corrected chi connectivity index (χ4v) is 1.32. The van der Waals surface area contributed by atoms with Crippen LogP contribution in [0.15, 0.2) is 12.2 Å². The average molecular weight is 259 g/mol. The van der Waals surface area contributed by atoms with Crippen molar-refractivity contribution in [1.29, 1.82) is 0 Å². The minimum absolute atomic E-state index is 0.0796. The van der Waals surface area contributed by atoms with Crippen LogP contribution in [0.2, 0.25) is 0 Å². The van der Waals surface area contributed by atoms with Gasteiger partial charge in [0.15, 0.2) is 0 Å². The van der Waals surface area contributed by atoms with Crippen molar-refractivity contribution in [2.24, 2.45) is 0 Å². The molecule has 0 aliphatic heterocycles. The van der Waals surface area contributed by atoms with Gasteiger partial charge in [0.2, 0.25) is 0 Å². The molecule has 0 heterocycles. The number of aliphatic hydroxyl groups excluding tert-OH is 1. The molecule has 6 nitrogen and oxygen atoms in total. The summed E-state index contributed by atoms with van der Waals surface area (Å²) < 4.78 is 9.24. The molecule has 0 unspecified atom stereocenters. The van der Waals surface area contributed by atoms with Gasteiger partial charge in [0, 0.05) is 25.2 Å². The summed E-state index contributed by atoms with van der Waals surface area (Å²) in [6.45, 7) is 4.31. The van der Waals surface area contributed by atoms with E-state index in [9.17, 15) is 9.59 Å². The summed E-state index contributed by atoms with van der Waals surface area (Å²) in [5, 5.41) is 8.83. The molecule has 6 heteroatoms. The Bertz CT molecular complexity index is 272. The zero-order valence-electron chi connectivity index (χ0n) is 10.9. The molecule has 0 radical (unpaired) electrons. The predicted molar refractivity (Wildman–Crippen MR) is 65.9 cm³/mol. The molecule has 0 atom stereocenters. The molecule has 0 aromatic carbocycles. The topological polar surface area (TPSA) is 76.1 Å². The molecular weight excluding hydrogens is 238 g/mol. The minimum Gasteiger partial charge on any atom is -0.466 e. The Balaban J connectivity index is 3.83. The number of nitrogens with zero attached hydrogens (tertiary/aromatic N) is 1. The number of carbonyl (C=O) groups excluding carboxylic acids is 2. The summed E-state index contributed by atoms with van der Waals surface area (Å²) in [4.78, 5) is 23.9. The Morgan fingerprint density at radius 1 is 1.17 bits per heavy atom. The quantitative estimate of drug-likeness (QED) is 0.462. The van der Waals surface area contributed by atoms with Crippen LogP contribution in [0.25, 0.3) is 0 Å². The van der Waals surface area contributed by atoms with Gasteiger partial charge in [-0.3, -0.25) is 4.90 Å². The van der Waals surface area contributed by atoms with E-state index in [-0.39, 0.29) is 13.2 Å². The van der Waals surface area contributed by atoms with E-state index in [0.717, 1.165) is 25.1 Å². The van der Waals surface area contributed by atoms with Crippen molar-refractivity contribution in [3.05, 3.63) is 12.2 Å². The maximum atomic E-state index is 11.2. The summed E-state index contributed by atoms with van der Waals surface area (Å²) in [6, 6.07) is 0. The Morgan fingerprint density at radius 3 is 2.39 bits per heavy atom. The largest absolute Gasteiger partial charge is 0.466 e. The normalized spacial score (nSPS) is 10.9. The molecule has 0 saturated carbocycles. The van der Waals surface area contributed by atoms with E-state index in [1.54, 1.807) is 0 Å². The zero-order valence-corrected chi connectivity index (χ0v) is 10.9. The van der Waals surface area contributed by atoms with Gasteiger partial charge in [0.1, 0.15) is 6.61 Å². The smallest absolute Gasteiger partial charge is 0.331 e. The van der Waals surface area contributed by atoms with Crippen LogP contribution >= 0.6 is 0 Å². The predicted octanol–water partition coefficient (Wildman–Crippen LogP) is -0.0369. The number of ether oxygens (including phenoxy) is 2. The van der Waals surface area contributed by atoms with Crippen molar-refractivity contribution in [3.63, 3.8) is 0 Å². The maximum absolute atomic E-state index is 11.2. The number of aliphatic hydroxyl groups is 1. The van der Waals surface area contributed by atoms with Crippen LogP contribution < -0.4 is 0 Å². The van der Waals surface area contributed by atoms with Crippen LogP contribution in [-0.2, 0) is 19.1 Å². The lowest BCUT2D eigenvalue weighted by molar-refractivity contribution is -0.139. The van der Waals surface area contributed by atoms with Gasteiger partial charge in [-0.15, -0.1) is 0 Å². The molecule has 0 saturated heterocycles.